The normalized spacial score (nSPS) is 10.3. The summed E-state index contributed by atoms with van der Waals surface area (Å²) >= 11 is 5.43. The molecule has 0 bridgehead atoms. The zero-order chi connectivity index (χ0) is 12.4. The number of hydrogen-bond donors (Lipinski definition) is 2. The van der Waals surface area contributed by atoms with E-state index in [1.165, 1.54) is 23.5 Å². The summed E-state index contributed by atoms with van der Waals surface area (Å²) < 4.78 is 13.1. The van der Waals surface area contributed by atoms with Gasteiger partial charge in [0, 0.05) is 16.0 Å². The van der Waals surface area contributed by atoms with Crippen LogP contribution in [0.5, 0.6) is 0 Å². The Balaban J connectivity index is 2.18. The Kier molecular flexibility index (Phi) is 3.49. The first kappa shape index (κ1) is 12.1. The number of benzene rings is 1. The van der Waals surface area contributed by atoms with Crippen molar-refractivity contribution >= 4 is 35.6 Å². The third-order valence-corrected chi connectivity index (χ3v) is 3.47. The van der Waals surface area contributed by atoms with E-state index < -0.39 is 0 Å². The minimum Gasteiger partial charge on any atom is -0.321 e. The van der Waals surface area contributed by atoms with Crippen molar-refractivity contribution in [3.05, 3.63) is 45.9 Å². The minimum atomic E-state index is -0.360. The average Bonchev–Trinajstić information content (AvgIpc) is 2.63. The number of anilines is 1. The molecule has 0 saturated heterocycles. The molecule has 2 aromatic rings. The maximum Gasteiger partial charge on any atom is 0.265 e. The summed E-state index contributed by atoms with van der Waals surface area (Å²) in [5.41, 5.74) is 1.22. The molecule has 0 fully saturated rings. The predicted octanol–water partition coefficient (Wildman–Crippen LogP) is 3.74. The van der Waals surface area contributed by atoms with Gasteiger partial charge in [0.1, 0.15) is 5.82 Å². The van der Waals surface area contributed by atoms with E-state index in [0.717, 1.165) is 10.5 Å². The SMILES string of the molecule is Cc1cc(F)cc(NC(=O)c2cc(S)cs2)c1. The third-order valence-electron chi connectivity index (χ3n) is 2.11. The van der Waals surface area contributed by atoms with Crippen molar-refractivity contribution in [2.45, 2.75) is 11.8 Å². The van der Waals surface area contributed by atoms with Crippen LogP contribution in [0.3, 0.4) is 0 Å². The van der Waals surface area contributed by atoms with E-state index in [0.29, 0.717) is 10.6 Å². The Morgan fingerprint density at radius 2 is 2.12 bits per heavy atom. The molecule has 0 saturated carbocycles. The maximum absolute atomic E-state index is 13.1. The van der Waals surface area contributed by atoms with Crippen molar-refractivity contribution in [3.8, 4) is 0 Å². The fourth-order valence-corrected chi connectivity index (χ4v) is 2.49. The molecule has 2 rings (SSSR count). The molecule has 1 N–H and O–H groups in total. The molecule has 1 aromatic heterocycles. The Hall–Kier alpha value is -1.33. The molecule has 5 heteroatoms. The van der Waals surface area contributed by atoms with Crippen LogP contribution in [0.25, 0.3) is 0 Å². The van der Waals surface area contributed by atoms with Gasteiger partial charge in [-0.15, -0.1) is 24.0 Å². The number of carbonyl (C=O) groups excluding carboxylic acids is 1. The Morgan fingerprint density at radius 3 is 2.71 bits per heavy atom. The van der Waals surface area contributed by atoms with Gasteiger partial charge < -0.3 is 5.32 Å². The zero-order valence-corrected chi connectivity index (χ0v) is 10.7. The summed E-state index contributed by atoms with van der Waals surface area (Å²) in [6, 6.07) is 6.10. The summed E-state index contributed by atoms with van der Waals surface area (Å²) in [5.74, 6) is -0.610. The van der Waals surface area contributed by atoms with Gasteiger partial charge in [-0.25, -0.2) is 4.39 Å². The first-order chi connectivity index (χ1) is 8.04. The van der Waals surface area contributed by atoms with E-state index in [-0.39, 0.29) is 11.7 Å². The van der Waals surface area contributed by atoms with Crippen molar-refractivity contribution in [1.82, 2.24) is 0 Å². The van der Waals surface area contributed by atoms with Gasteiger partial charge in [-0.1, -0.05) is 0 Å². The van der Waals surface area contributed by atoms with Crippen LogP contribution in [0.2, 0.25) is 0 Å². The Bertz CT molecular complexity index is 545. The van der Waals surface area contributed by atoms with Crippen molar-refractivity contribution in [2.75, 3.05) is 5.32 Å². The second kappa shape index (κ2) is 4.89. The molecule has 0 aliphatic carbocycles. The van der Waals surface area contributed by atoms with Crippen LogP contribution in [0.4, 0.5) is 10.1 Å². The Morgan fingerprint density at radius 1 is 1.35 bits per heavy atom. The van der Waals surface area contributed by atoms with Crippen molar-refractivity contribution < 1.29 is 9.18 Å². The molecule has 0 atom stereocenters. The monoisotopic (exact) mass is 267 g/mol. The van der Waals surface area contributed by atoms with E-state index in [9.17, 15) is 9.18 Å². The Labute approximate surface area is 108 Å². The lowest BCUT2D eigenvalue weighted by atomic mass is 10.2. The third kappa shape index (κ3) is 3.08. The molecule has 0 radical (unpaired) electrons. The van der Waals surface area contributed by atoms with Gasteiger partial charge in [-0.05, 0) is 36.8 Å². The van der Waals surface area contributed by atoms with E-state index >= 15 is 0 Å². The minimum absolute atomic E-state index is 0.250. The number of amides is 1. The summed E-state index contributed by atoms with van der Waals surface area (Å²) in [7, 11) is 0. The molecule has 88 valence electrons. The summed E-state index contributed by atoms with van der Waals surface area (Å²) in [4.78, 5) is 13.1. The number of rotatable bonds is 2. The largest absolute Gasteiger partial charge is 0.321 e. The van der Waals surface area contributed by atoms with Gasteiger partial charge in [-0.2, -0.15) is 0 Å². The molecule has 1 amide bonds. The molecule has 0 aliphatic heterocycles. The van der Waals surface area contributed by atoms with E-state index in [2.05, 4.69) is 17.9 Å². The van der Waals surface area contributed by atoms with Crippen LogP contribution in [0, 0.1) is 12.7 Å². The molecular formula is C12H10FNOS2. The zero-order valence-electron chi connectivity index (χ0n) is 9.03. The number of halogens is 1. The van der Waals surface area contributed by atoms with E-state index in [4.69, 9.17) is 0 Å². The summed E-state index contributed by atoms with van der Waals surface area (Å²) in [5, 5.41) is 4.42. The first-order valence-corrected chi connectivity index (χ1v) is 6.23. The van der Waals surface area contributed by atoms with Gasteiger partial charge in [-0.3, -0.25) is 4.79 Å². The van der Waals surface area contributed by atoms with Crippen LogP contribution < -0.4 is 5.32 Å². The van der Waals surface area contributed by atoms with Crippen LogP contribution in [0.1, 0.15) is 15.2 Å². The van der Waals surface area contributed by atoms with Crippen molar-refractivity contribution in [2.24, 2.45) is 0 Å². The molecule has 0 aliphatic rings. The number of thiol groups is 1. The second-order valence-corrected chi connectivity index (χ2v) is 5.07. The van der Waals surface area contributed by atoms with Gasteiger partial charge in [0.25, 0.3) is 5.91 Å². The lowest BCUT2D eigenvalue weighted by molar-refractivity contribution is 0.103. The fourth-order valence-electron chi connectivity index (χ4n) is 1.45. The molecular weight excluding hydrogens is 257 g/mol. The lowest BCUT2D eigenvalue weighted by Gasteiger charge is -2.04. The first-order valence-electron chi connectivity index (χ1n) is 4.90. The second-order valence-electron chi connectivity index (χ2n) is 3.64. The van der Waals surface area contributed by atoms with E-state index in [1.54, 1.807) is 24.4 Å². The topological polar surface area (TPSA) is 29.1 Å². The predicted molar refractivity (Wildman–Crippen MR) is 70.7 cm³/mol. The van der Waals surface area contributed by atoms with Gasteiger partial charge >= 0.3 is 0 Å². The van der Waals surface area contributed by atoms with Crippen LogP contribution >= 0.6 is 24.0 Å². The molecule has 1 aromatic carbocycles. The van der Waals surface area contributed by atoms with E-state index in [1.807, 2.05) is 0 Å². The highest BCUT2D eigenvalue weighted by molar-refractivity contribution is 7.80. The number of thiophene rings is 1. The number of nitrogens with one attached hydrogen (secondary N) is 1. The number of aryl methyl sites for hydroxylation is 1. The van der Waals surface area contributed by atoms with Crippen molar-refractivity contribution in [1.29, 1.82) is 0 Å². The van der Waals surface area contributed by atoms with Crippen LogP contribution in [0.15, 0.2) is 34.5 Å². The highest BCUT2D eigenvalue weighted by atomic mass is 32.1. The van der Waals surface area contributed by atoms with Gasteiger partial charge in [0.2, 0.25) is 0 Å². The molecule has 0 spiro atoms. The number of carbonyl (C=O) groups is 1. The van der Waals surface area contributed by atoms with Crippen LogP contribution in [-0.2, 0) is 0 Å². The molecule has 0 unspecified atom stereocenters. The average molecular weight is 267 g/mol. The quantitative estimate of drug-likeness (QED) is 0.797. The highest BCUT2D eigenvalue weighted by Gasteiger charge is 2.09. The molecule has 17 heavy (non-hydrogen) atoms. The van der Waals surface area contributed by atoms with Crippen LogP contribution in [-0.4, -0.2) is 5.91 Å². The summed E-state index contributed by atoms with van der Waals surface area (Å²) in [6.45, 7) is 1.77. The fraction of sp³-hybridized carbons (Fsp3) is 0.0833. The molecule has 1 heterocycles. The smallest absolute Gasteiger partial charge is 0.265 e. The highest BCUT2D eigenvalue weighted by Crippen LogP contribution is 2.20. The summed E-state index contributed by atoms with van der Waals surface area (Å²) in [6.07, 6.45) is 0. The van der Waals surface area contributed by atoms with Crippen molar-refractivity contribution in [3.63, 3.8) is 0 Å². The standard InChI is InChI=1S/C12H10FNOS2/c1-7-2-8(13)4-9(3-7)14-12(15)11-5-10(16)6-17-11/h2-6,16H,1H3,(H,14,15). The lowest BCUT2D eigenvalue weighted by Crippen LogP contribution is -2.10. The number of hydrogen-bond acceptors (Lipinski definition) is 3. The molecule has 2 nitrogen and oxygen atoms in total. The van der Waals surface area contributed by atoms with Gasteiger partial charge in [0.05, 0.1) is 4.88 Å². The van der Waals surface area contributed by atoms with Gasteiger partial charge in [0.15, 0.2) is 0 Å². The maximum atomic E-state index is 13.1.